The Morgan fingerprint density at radius 1 is 0.926 bits per heavy atom. The largest absolute Gasteiger partial charge is 0.379 e. The molecule has 0 atom stereocenters. The zero-order chi connectivity index (χ0) is 19.2. The molecule has 2 N–H and O–H groups in total. The van der Waals surface area contributed by atoms with Crippen LogP contribution < -0.4 is 10.6 Å². The fourth-order valence-electron chi connectivity index (χ4n) is 3.11. The van der Waals surface area contributed by atoms with E-state index >= 15 is 0 Å². The van der Waals surface area contributed by atoms with E-state index in [1.807, 2.05) is 32.0 Å². The van der Waals surface area contributed by atoms with Gasteiger partial charge in [-0.25, -0.2) is 0 Å². The number of hydrogen-bond donors (Lipinski definition) is 2. The normalized spacial score (nSPS) is 14.6. The molecule has 0 bridgehead atoms. The summed E-state index contributed by atoms with van der Waals surface area (Å²) < 4.78 is 5.28. The van der Waals surface area contributed by atoms with Crippen LogP contribution in [0.4, 0.5) is 11.4 Å². The number of aryl methyl sites for hydroxylation is 2. The van der Waals surface area contributed by atoms with Gasteiger partial charge in [0.1, 0.15) is 0 Å². The lowest BCUT2D eigenvalue weighted by molar-refractivity contribution is -0.118. The van der Waals surface area contributed by atoms with Gasteiger partial charge in [0.25, 0.3) is 5.91 Å². The molecule has 0 saturated carbocycles. The predicted molar refractivity (Wildman–Crippen MR) is 106 cm³/mol. The second-order valence-electron chi connectivity index (χ2n) is 6.84. The Balaban J connectivity index is 1.55. The quantitative estimate of drug-likeness (QED) is 0.853. The second kappa shape index (κ2) is 8.79. The van der Waals surface area contributed by atoms with Crippen molar-refractivity contribution in [1.82, 2.24) is 4.90 Å². The molecule has 0 aromatic heterocycles. The molecule has 0 radical (unpaired) electrons. The Bertz CT molecular complexity index is 792. The smallest absolute Gasteiger partial charge is 0.255 e. The summed E-state index contributed by atoms with van der Waals surface area (Å²) in [6.45, 7) is 7.18. The number of nitrogens with zero attached hydrogens (tertiary/aromatic N) is 1. The minimum atomic E-state index is -0.147. The minimum Gasteiger partial charge on any atom is -0.379 e. The molecule has 0 spiro atoms. The van der Waals surface area contributed by atoms with Crippen LogP contribution in [0.15, 0.2) is 42.5 Å². The highest BCUT2D eigenvalue weighted by molar-refractivity contribution is 6.04. The van der Waals surface area contributed by atoms with Crippen LogP contribution in [0.25, 0.3) is 0 Å². The van der Waals surface area contributed by atoms with Crippen LogP contribution in [0.1, 0.15) is 21.5 Å². The molecule has 142 valence electrons. The number of nitrogens with one attached hydrogen (secondary N) is 2. The molecule has 1 aliphatic heterocycles. The molecule has 0 aliphatic carbocycles. The van der Waals surface area contributed by atoms with Gasteiger partial charge < -0.3 is 15.4 Å². The molecular weight excluding hydrogens is 342 g/mol. The van der Waals surface area contributed by atoms with Crippen molar-refractivity contribution in [2.45, 2.75) is 13.8 Å². The average molecular weight is 367 g/mol. The Kier molecular flexibility index (Phi) is 6.21. The summed E-state index contributed by atoms with van der Waals surface area (Å²) in [5, 5.41) is 5.77. The van der Waals surface area contributed by atoms with Gasteiger partial charge in [0.05, 0.1) is 19.8 Å². The number of rotatable bonds is 5. The highest BCUT2D eigenvalue weighted by atomic mass is 16.5. The van der Waals surface area contributed by atoms with Gasteiger partial charge >= 0.3 is 0 Å². The van der Waals surface area contributed by atoms with E-state index in [0.717, 1.165) is 24.2 Å². The van der Waals surface area contributed by atoms with Gasteiger partial charge in [-0.15, -0.1) is 0 Å². The third kappa shape index (κ3) is 5.64. The first-order chi connectivity index (χ1) is 13.0. The maximum Gasteiger partial charge on any atom is 0.255 e. The van der Waals surface area contributed by atoms with Crippen LogP contribution in [0.5, 0.6) is 0 Å². The first kappa shape index (κ1) is 19.1. The van der Waals surface area contributed by atoms with Crippen LogP contribution in [-0.2, 0) is 9.53 Å². The summed E-state index contributed by atoms with van der Waals surface area (Å²) in [6, 6.07) is 12.9. The lowest BCUT2D eigenvalue weighted by Crippen LogP contribution is -2.41. The lowest BCUT2D eigenvalue weighted by atomic mass is 10.1. The van der Waals surface area contributed by atoms with Crippen LogP contribution in [0, 0.1) is 13.8 Å². The molecule has 2 aromatic rings. The first-order valence-electron chi connectivity index (χ1n) is 9.09. The standard InChI is InChI=1S/C21H25N3O3/c1-15-11-16(2)13-17(12-15)21(26)23-19-5-3-18(4-6-19)22-20(25)14-24-7-9-27-10-8-24/h3-6,11-13H,7-10,14H2,1-2H3,(H,22,25)(H,23,26). The Morgan fingerprint density at radius 2 is 1.48 bits per heavy atom. The van der Waals surface area contributed by atoms with E-state index in [0.29, 0.717) is 36.7 Å². The fourth-order valence-corrected chi connectivity index (χ4v) is 3.11. The van der Waals surface area contributed by atoms with Gasteiger partial charge in [0.2, 0.25) is 5.91 Å². The summed E-state index contributed by atoms with van der Waals surface area (Å²) in [5.74, 6) is -0.199. The molecule has 0 unspecified atom stereocenters. The monoisotopic (exact) mass is 367 g/mol. The van der Waals surface area contributed by atoms with Crippen molar-refractivity contribution in [3.05, 3.63) is 59.2 Å². The van der Waals surface area contributed by atoms with Gasteiger partial charge in [-0.05, 0) is 50.2 Å². The average Bonchev–Trinajstić information content (AvgIpc) is 2.63. The highest BCUT2D eigenvalue weighted by Crippen LogP contribution is 2.16. The molecule has 6 nitrogen and oxygen atoms in total. The molecule has 1 fully saturated rings. The van der Waals surface area contributed by atoms with Crippen molar-refractivity contribution in [1.29, 1.82) is 0 Å². The Morgan fingerprint density at radius 3 is 2.07 bits per heavy atom. The van der Waals surface area contributed by atoms with Gasteiger partial charge in [0.15, 0.2) is 0 Å². The minimum absolute atomic E-state index is 0.0519. The molecule has 6 heteroatoms. The van der Waals surface area contributed by atoms with E-state index in [2.05, 4.69) is 15.5 Å². The van der Waals surface area contributed by atoms with E-state index in [-0.39, 0.29) is 11.8 Å². The summed E-state index contributed by atoms with van der Waals surface area (Å²) >= 11 is 0. The molecule has 27 heavy (non-hydrogen) atoms. The van der Waals surface area contributed by atoms with Crippen molar-refractivity contribution in [3.63, 3.8) is 0 Å². The third-order valence-corrected chi connectivity index (χ3v) is 4.38. The maximum atomic E-state index is 12.4. The number of amides is 2. The Labute approximate surface area is 159 Å². The van der Waals surface area contributed by atoms with Crippen LogP contribution in [-0.4, -0.2) is 49.6 Å². The summed E-state index contributed by atoms with van der Waals surface area (Å²) in [5.41, 5.74) is 4.13. The van der Waals surface area contributed by atoms with Crippen molar-refractivity contribution in [2.75, 3.05) is 43.5 Å². The lowest BCUT2D eigenvalue weighted by Gasteiger charge is -2.25. The van der Waals surface area contributed by atoms with Crippen molar-refractivity contribution in [2.24, 2.45) is 0 Å². The Hall–Kier alpha value is -2.70. The van der Waals surface area contributed by atoms with E-state index in [4.69, 9.17) is 4.74 Å². The number of morpholine rings is 1. The SMILES string of the molecule is Cc1cc(C)cc(C(=O)Nc2ccc(NC(=O)CN3CCOCC3)cc2)c1. The summed E-state index contributed by atoms with van der Waals surface area (Å²) in [6.07, 6.45) is 0. The van der Waals surface area contributed by atoms with Crippen molar-refractivity contribution < 1.29 is 14.3 Å². The second-order valence-corrected chi connectivity index (χ2v) is 6.84. The number of anilines is 2. The molecule has 2 amide bonds. The van der Waals surface area contributed by atoms with Crippen LogP contribution >= 0.6 is 0 Å². The molecule has 1 saturated heterocycles. The number of carbonyl (C=O) groups is 2. The van der Waals surface area contributed by atoms with Crippen molar-refractivity contribution >= 4 is 23.2 Å². The van der Waals surface area contributed by atoms with Crippen LogP contribution in [0.3, 0.4) is 0 Å². The number of ether oxygens (including phenoxy) is 1. The van der Waals surface area contributed by atoms with E-state index in [9.17, 15) is 9.59 Å². The molecule has 3 rings (SSSR count). The van der Waals surface area contributed by atoms with E-state index in [1.54, 1.807) is 24.3 Å². The van der Waals surface area contributed by atoms with Crippen LogP contribution in [0.2, 0.25) is 0 Å². The highest BCUT2D eigenvalue weighted by Gasteiger charge is 2.14. The van der Waals surface area contributed by atoms with E-state index < -0.39 is 0 Å². The topological polar surface area (TPSA) is 70.7 Å². The molecular formula is C21H25N3O3. The maximum absolute atomic E-state index is 12.4. The number of carbonyl (C=O) groups excluding carboxylic acids is 2. The fraction of sp³-hybridized carbons (Fsp3) is 0.333. The third-order valence-electron chi connectivity index (χ3n) is 4.38. The zero-order valence-electron chi connectivity index (χ0n) is 15.7. The molecule has 1 heterocycles. The van der Waals surface area contributed by atoms with Crippen molar-refractivity contribution in [3.8, 4) is 0 Å². The van der Waals surface area contributed by atoms with Gasteiger partial charge in [-0.3, -0.25) is 14.5 Å². The van der Waals surface area contributed by atoms with Gasteiger partial charge in [0, 0.05) is 30.0 Å². The number of benzene rings is 2. The summed E-state index contributed by atoms with van der Waals surface area (Å²) in [4.78, 5) is 26.6. The van der Waals surface area contributed by atoms with E-state index in [1.165, 1.54) is 0 Å². The first-order valence-corrected chi connectivity index (χ1v) is 9.09. The zero-order valence-corrected chi connectivity index (χ0v) is 15.7. The van der Waals surface area contributed by atoms with Gasteiger partial charge in [-0.1, -0.05) is 17.2 Å². The molecule has 1 aliphatic rings. The number of hydrogen-bond acceptors (Lipinski definition) is 4. The van der Waals surface area contributed by atoms with Gasteiger partial charge in [-0.2, -0.15) is 0 Å². The summed E-state index contributed by atoms with van der Waals surface area (Å²) in [7, 11) is 0. The molecule has 2 aromatic carbocycles. The predicted octanol–water partition coefficient (Wildman–Crippen LogP) is 2.83.